The van der Waals surface area contributed by atoms with Crippen molar-refractivity contribution in [2.24, 2.45) is 0 Å². The van der Waals surface area contributed by atoms with E-state index in [4.69, 9.17) is 0 Å². The summed E-state index contributed by atoms with van der Waals surface area (Å²) in [5.74, 6) is -0.331. The summed E-state index contributed by atoms with van der Waals surface area (Å²) in [4.78, 5) is 16.0. The number of carbonyl (C=O) groups is 1. The van der Waals surface area contributed by atoms with Gasteiger partial charge in [0.2, 0.25) is 0 Å². The van der Waals surface area contributed by atoms with Crippen LogP contribution in [0.5, 0.6) is 0 Å². The van der Waals surface area contributed by atoms with Crippen molar-refractivity contribution in [2.45, 2.75) is 19.4 Å². The highest BCUT2D eigenvalue weighted by atomic mass is 19.1. The van der Waals surface area contributed by atoms with Crippen molar-refractivity contribution in [3.63, 3.8) is 0 Å². The fraction of sp³-hybridized carbons (Fsp3) is 0.500. The first-order valence-electron chi connectivity index (χ1n) is 6.45. The zero-order chi connectivity index (χ0) is 14.0. The van der Waals surface area contributed by atoms with Crippen LogP contribution in [0.25, 0.3) is 0 Å². The third kappa shape index (κ3) is 3.44. The number of likely N-dealkylation sites (tertiary alicyclic amines) is 1. The maximum atomic E-state index is 13.3. The molecule has 1 aliphatic rings. The van der Waals surface area contributed by atoms with E-state index in [1.807, 2.05) is 14.1 Å². The lowest BCUT2D eigenvalue weighted by Gasteiger charge is -2.20. The number of anilines is 1. The van der Waals surface area contributed by atoms with Gasteiger partial charge in [0.15, 0.2) is 0 Å². The lowest BCUT2D eigenvalue weighted by atomic mass is 10.2. The van der Waals surface area contributed by atoms with Crippen molar-refractivity contribution in [2.75, 3.05) is 32.5 Å². The number of hydrogen-bond donors (Lipinski definition) is 1. The minimum absolute atomic E-state index is 0.158. The van der Waals surface area contributed by atoms with Crippen LogP contribution in [0, 0.1) is 12.7 Å². The minimum Gasteiger partial charge on any atom is -0.323 e. The van der Waals surface area contributed by atoms with Gasteiger partial charge in [-0.15, -0.1) is 0 Å². The van der Waals surface area contributed by atoms with Gasteiger partial charge in [-0.25, -0.2) is 9.18 Å². The van der Waals surface area contributed by atoms with Gasteiger partial charge < -0.3 is 15.1 Å². The highest BCUT2D eigenvalue weighted by Gasteiger charge is 2.27. The second-order valence-electron chi connectivity index (χ2n) is 5.30. The van der Waals surface area contributed by atoms with Gasteiger partial charge in [-0.05, 0) is 51.2 Å². The molecule has 0 spiro atoms. The first kappa shape index (κ1) is 13.8. The Hall–Kier alpha value is -1.62. The van der Waals surface area contributed by atoms with E-state index >= 15 is 0 Å². The molecule has 1 unspecified atom stereocenters. The molecule has 1 saturated heterocycles. The van der Waals surface area contributed by atoms with Gasteiger partial charge in [-0.1, -0.05) is 0 Å². The normalized spacial score (nSPS) is 19.0. The molecular weight excluding hydrogens is 245 g/mol. The number of nitrogens with one attached hydrogen (secondary N) is 1. The Balaban J connectivity index is 1.98. The van der Waals surface area contributed by atoms with Crippen molar-refractivity contribution in [3.8, 4) is 0 Å². The summed E-state index contributed by atoms with van der Waals surface area (Å²) in [7, 11) is 4.03. The number of amides is 2. The first-order chi connectivity index (χ1) is 8.95. The van der Waals surface area contributed by atoms with E-state index in [9.17, 15) is 9.18 Å². The molecule has 0 aliphatic carbocycles. The second-order valence-corrected chi connectivity index (χ2v) is 5.30. The molecule has 1 atom stereocenters. The summed E-state index contributed by atoms with van der Waals surface area (Å²) < 4.78 is 13.3. The number of urea groups is 1. The second kappa shape index (κ2) is 5.57. The van der Waals surface area contributed by atoms with E-state index < -0.39 is 0 Å². The molecule has 2 rings (SSSR count). The van der Waals surface area contributed by atoms with Crippen LogP contribution in [0.2, 0.25) is 0 Å². The number of nitrogens with zero attached hydrogens (tertiary/aromatic N) is 2. The molecular formula is C14H20FN3O. The molecule has 5 heteroatoms. The third-order valence-corrected chi connectivity index (χ3v) is 3.47. The average molecular weight is 265 g/mol. The highest BCUT2D eigenvalue weighted by molar-refractivity contribution is 5.89. The summed E-state index contributed by atoms with van der Waals surface area (Å²) >= 11 is 0. The number of carbonyl (C=O) groups excluding carboxylic acids is 1. The summed E-state index contributed by atoms with van der Waals surface area (Å²) in [6.45, 7) is 3.26. The molecule has 104 valence electrons. The Bertz CT molecular complexity index is 456. The molecule has 19 heavy (non-hydrogen) atoms. The monoisotopic (exact) mass is 265 g/mol. The zero-order valence-electron chi connectivity index (χ0n) is 11.6. The molecule has 1 fully saturated rings. The molecule has 1 heterocycles. The number of benzene rings is 1. The van der Waals surface area contributed by atoms with E-state index in [1.165, 1.54) is 12.1 Å². The zero-order valence-corrected chi connectivity index (χ0v) is 11.6. The molecule has 1 aromatic carbocycles. The smallest absolute Gasteiger partial charge is 0.321 e. The summed E-state index contributed by atoms with van der Waals surface area (Å²) in [6, 6.07) is 4.78. The Kier molecular flexibility index (Phi) is 4.04. The largest absolute Gasteiger partial charge is 0.323 e. The Morgan fingerprint density at radius 2 is 2.16 bits per heavy atom. The Labute approximate surface area is 113 Å². The summed E-state index contributed by atoms with van der Waals surface area (Å²) in [5.41, 5.74) is 1.30. The highest BCUT2D eigenvalue weighted by Crippen LogP contribution is 2.17. The molecule has 1 N–H and O–H groups in total. The van der Waals surface area contributed by atoms with Crippen molar-refractivity contribution in [1.82, 2.24) is 9.80 Å². The van der Waals surface area contributed by atoms with Crippen LogP contribution in [0.15, 0.2) is 18.2 Å². The molecule has 4 nitrogen and oxygen atoms in total. The van der Waals surface area contributed by atoms with Crippen LogP contribution in [-0.2, 0) is 0 Å². The van der Waals surface area contributed by atoms with Gasteiger partial charge in [0.25, 0.3) is 0 Å². The Morgan fingerprint density at radius 3 is 2.74 bits per heavy atom. The lowest BCUT2D eigenvalue weighted by molar-refractivity contribution is 0.216. The summed E-state index contributed by atoms with van der Waals surface area (Å²) in [5, 5.41) is 2.75. The van der Waals surface area contributed by atoms with E-state index in [0.717, 1.165) is 18.5 Å². The van der Waals surface area contributed by atoms with Crippen molar-refractivity contribution in [1.29, 1.82) is 0 Å². The fourth-order valence-electron chi connectivity index (χ4n) is 2.36. The number of rotatable bonds is 2. The van der Waals surface area contributed by atoms with Gasteiger partial charge in [-0.3, -0.25) is 0 Å². The van der Waals surface area contributed by atoms with Crippen molar-refractivity contribution in [3.05, 3.63) is 29.6 Å². The topological polar surface area (TPSA) is 35.6 Å². The molecule has 1 aliphatic heterocycles. The van der Waals surface area contributed by atoms with Crippen LogP contribution in [-0.4, -0.2) is 49.1 Å². The van der Waals surface area contributed by atoms with Crippen LogP contribution < -0.4 is 5.32 Å². The average Bonchev–Trinajstić information content (AvgIpc) is 2.76. The molecule has 0 saturated carbocycles. The number of likely N-dealkylation sites (N-methyl/N-ethyl adjacent to an activating group) is 1. The van der Waals surface area contributed by atoms with Crippen LogP contribution >= 0.6 is 0 Å². The minimum atomic E-state index is -0.331. The van der Waals surface area contributed by atoms with E-state index in [0.29, 0.717) is 18.3 Å². The maximum Gasteiger partial charge on any atom is 0.321 e. The van der Waals surface area contributed by atoms with Crippen LogP contribution in [0.4, 0.5) is 14.9 Å². The van der Waals surface area contributed by atoms with Crippen molar-refractivity contribution < 1.29 is 9.18 Å². The van der Waals surface area contributed by atoms with E-state index in [-0.39, 0.29) is 11.8 Å². The predicted octanol–water partition coefficient (Wildman–Crippen LogP) is 2.30. The van der Waals surface area contributed by atoms with Crippen molar-refractivity contribution >= 4 is 11.7 Å². The lowest BCUT2D eigenvalue weighted by Crippen LogP contribution is -2.36. The van der Waals surface area contributed by atoms with Gasteiger partial charge in [0.1, 0.15) is 5.82 Å². The van der Waals surface area contributed by atoms with Gasteiger partial charge >= 0.3 is 6.03 Å². The number of halogens is 1. The molecule has 0 aromatic heterocycles. The third-order valence-electron chi connectivity index (χ3n) is 3.47. The first-order valence-corrected chi connectivity index (χ1v) is 6.45. The van der Waals surface area contributed by atoms with Crippen LogP contribution in [0.1, 0.15) is 12.0 Å². The predicted molar refractivity (Wildman–Crippen MR) is 73.8 cm³/mol. The molecule has 0 bridgehead atoms. The fourth-order valence-corrected chi connectivity index (χ4v) is 2.36. The van der Waals surface area contributed by atoms with E-state index in [2.05, 4.69) is 10.2 Å². The SMILES string of the molecule is Cc1cc(F)cc(NC(=O)N2CCC(N(C)C)C2)c1. The van der Waals surface area contributed by atoms with Crippen LogP contribution in [0.3, 0.4) is 0 Å². The Morgan fingerprint density at radius 1 is 1.42 bits per heavy atom. The molecule has 2 amide bonds. The van der Waals surface area contributed by atoms with Gasteiger partial charge in [0.05, 0.1) is 0 Å². The van der Waals surface area contributed by atoms with E-state index in [1.54, 1.807) is 17.9 Å². The van der Waals surface area contributed by atoms with Gasteiger partial charge in [0, 0.05) is 24.8 Å². The maximum absolute atomic E-state index is 13.3. The standard InChI is InChI=1S/C14H20FN3O/c1-10-6-11(15)8-12(7-10)16-14(19)18-5-4-13(9-18)17(2)3/h6-8,13H,4-5,9H2,1-3H3,(H,16,19). The van der Waals surface area contributed by atoms with Gasteiger partial charge in [-0.2, -0.15) is 0 Å². The summed E-state index contributed by atoms with van der Waals surface area (Å²) in [6.07, 6.45) is 0.975. The molecule has 1 aromatic rings. The molecule has 0 radical (unpaired) electrons. The number of hydrogen-bond acceptors (Lipinski definition) is 2. The number of aryl methyl sites for hydroxylation is 1. The quantitative estimate of drug-likeness (QED) is 0.890.